The van der Waals surface area contributed by atoms with E-state index in [-0.39, 0.29) is 24.3 Å². The van der Waals surface area contributed by atoms with E-state index in [4.69, 9.17) is 0 Å². The zero-order valence-electron chi connectivity index (χ0n) is 15.0. The molecule has 0 aromatic heterocycles. The number of rotatable bonds is 5. The molecule has 0 aliphatic carbocycles. The van der Waals surface area contributed by atoms with Gasteiger partial charge in [-0.05, 0) is 37.3 Å². The Balaban J connectivity index is 2.12. The number of likely N-dealkylation sites (tertiary alicyclic amines) is 1. The summed E-state index contributed by atoms with van der Waals surface area (Å²) in [7, 11) is 0. The monoisotopic (exact) mass is 346 g/mol. The van der Waals surface area contributed by atoms with Crippen LogP contribution in [-0.4, -0.2) is 46.9 Å². The van der Waals surface area contributed by atoms with Crippen molar-refractivity contribution in [1.82, 2.24) is 10.2 Å². The third kappa shape index (κ3) is 4.59. The van der Waals surface area contributed by atoms with Gasteiger partial charge in [0.15, 0.2) is 0 Å². The van der Waals surface area contributed by atoms with Gasteiger partial charge in [0.05, 0.1) is 5.92 Å². The number of hydrogen-bond donors (Lipinski definition) is 2. The molecule has 6 nitrogen and oxygen atoms in total. The second-order valence-corrected chi connectivity index (χ2v) is 6.97. The van der Waals surface area contributed by atoms with E-state index < -0.39 is 17.9 Å². The van der Waals surface area contributed by atoms with Crippen LogP contribution in [0, 0.1) is 18.8 Å². The SMILES string of the molecule is Cc1ccccc1C(=O)NC(C(=O)N1CCCC(C(=O)O)C1)C(C)C. The van der Waals surface area contributed by atoms with Gasteiger partial charge in [0.1, 0.15) is 6.04 Å². The highest BCUT2D eigenvalue weighted by Gasteiger charge is 2.34. The van der Waals surface area contributed by atoms with Gasteiger partial charge in [-0.2, -0.15) is 0 Å². The molecule has 2 N–H and O–H groups in total. The molecule has 1 aromatic rings. The maximum Gasteiger partial charge on any atom is 0.308 e. The number of carboxylic acids is 1. The average Bonchev–Trinajstić information content (AvgIpc) is 2.59. The smallest absolute Gasteiger partial charge is 0.308 e. The van der Waals surface area contributed by atoms with Crippen LogP contribution in [0.15, 0.2) is 24.3 Å². The largest absolute Gasteiger partial charge is 0.481 e. The Morgan fingerprint density at radius 1 is 1.24 bits per heavy atom. The number of amides is 2. The fourth-order valence-corrected chi connectivity index (χ4v) is 3.14. The Morgan fingerprint density at radius 2 is 1.92 bits per heavy atom. The summed E-state index contributed by atoms with van der Waals surface area (Å²) >= 11 is 0. The summed E-state index contributed by atoms with van der Waals surface area (Å²) < 4.78 is 0. The zero-order chi connectivity index (χ0) is 18.6. The summed E-state index contributed by atoms with van der Waals surface area (Å²) in [6.07, 6.45) is 1.25. The van der Waals surface area contributed by atoms with E-state index in [0.29, 0.717) is 24.9 Å². The Bertz CT molecular complexity index is 657. The van der Waals surface area contributed by atoms with Gasteiger partial charge in [0, 0.05) is 18.7 Å². The maximum absolute atomic E-state index is 12.9. The quantitative estimate of drug-likeness (QED) is 0.854. The maximum atomic E-state index is 12.9. The molecule has 0 radical (unpaired) electrons. The fourth-order valence-electron chi connectivity index (χ4n) is 3.14. The number of carbonyl (C=O) groups is 3. The lowest BCUT2D eigenvalue weighted by atomic mass is 9.95. The van der Waals surface area contributed by atoms with E-state index in [1.54, 1.807) is 17.0 Å². The second kappa shape index (κ2) is 8.14. The average molecular weight is 346 g/mol. The van der Waals surface area contributed by atoms with Gasteiger partial charge in [0.25, 0.3) is 5.91 Å². The van der Waals surface area contributed by atoms with E-state index >= 15 is 0 Å². The van der Waals surface area contributed by atoms with Gasteiger partial charge in [-0.3, -0.25) is 14.4 Å². The van der Waals surface area contributed by atoms with Crippen molar-refractivity contribution >= 4 is 17.8 Å². The number of nitrogens with zero attached hydrogens (tertiary/aromatic N) is 1. The Morgan fingerprint density at radius 3 is 2.52 bits per heavy atom. The van der Waals surface area contributed by atoms with Crippen LogP contribution in [-0.2, 0) is 9.59 Å². The van der Waals surface area contributed by atoms with Crippen LogP contribution in [0.5, 0.6) is 0 Å². The molecule has 25 heavy (non-hydrogen) atoms. The molecule has 6 heteroatoms. The minimum Gasteiger partial charge on any atom is -0.481 e. The lowest BCUT2D eigenvalue weighted by Crippen LogP contribution is -2.54. The second-order valence-electron chi connectivity index (χ2n) is 6.97. The molecule has 0 bridgehead atoms. The van der Waals surface area contributed by atoms with Crippen molar-refractivity contribution in [2.24, 2.45) is 11.8 Å². The van der Waals surface area contributed by atoms with Crippen molar-refractivity contribution in [3.8, 4) is 0 Å². The number of piperidine rings is 1. The molecular formula is C19H26N2O4. The molecule has 1 aliphatic heterocycles. The van der Waals surface area contributed by atoms with Crippen molar-refractivity contribution < 1.29 is 19.5 Å². The molecule has 2 amide bonds. The van der Waals surface area contributed by atoms with Gasteiger partial charge in [-0.15, -0.1) is 0 Å². The summed E-state index contributed by atoms with van der Waals surface area (Å²) in [4.78, 5) is 38.2. The van der Waals surface area contributed by atoms with Crippen molar-refractivity contribution in [3.63, 3.8) is 0 Å². The number of aryl methyl sites for hydroxylation is 1. The lowest BCUT2D eigenvalue weighted by molar-refractivity contribution is -0.146. The highest BCUT2D eigenvalue weighted by Crippen LogP contribution is 2.19. The molecule has 136 valence electrons. The normalized spacial score (nSPS) is 18.7. The van der Waals surface area contributed by atoms with Crippen LogP contribution in [0.1, 0.15) is 42.6 Å². The summed E-state index contributed by atoms with van der Waals surface area (Å²) in [6.45, 7) is 6.34. The summed E-state index contributed by atoms with van der Waals surface area (Å²) in [5.74, 6) is -1.98. The van der Waals surface area contributed by atoms with Gasteiger partial charge in [0.2, 0.25) is 5.91 Å². The Kier molecular flexibility index (Phi) is 6.17. The summed E-state index contributed by atoms with van der Waals surface area (Å²) in [5.41, 5.74) is 1.39. The van der Waals surface area contributed by atoms with E-state index in [2.05, 4.69) is 5.32 Å². The van der Waals surface area contributed by atoms with Gasteiger partial charge >= 0.3 is 5.97 Å². The molecule has 1 aliphatic rings. The van der Waals surface area contributed by atoms with Gasteiger partial charge in [-0.1, -0.05) is 32.0 Å². The van der Waals surface area contributed by atoms with E-state index in [0.717, 1.165) is 5.56 Å². The van der Waals surface area contributed by atoms with Crippen LogP contribution in [0.25, 0.3) is 0 Å². The van der Waals surface area contributed by atoms with Crippen molar-refractivity contribution in [2.75, 3.05) is 13.1 Å². The molecule has 1 heterocycles. The predicted molar refractivity (Wildman–Crippen MR) is 94.2 cm³/mol. The van der Waals surface area contributed by atoms with Gasteiger partial charge < -0.3 is 15.3 Å². The number of aliphatic carboxylic acids is 1. The molecule has 0 saturated carbocycles. The first kappa shape index (κ1) is 19.0. The predicted octanol–water partition coefficient (Wildman–Crippen LogP) is 2.07. The molecule has 1 aromatic carbocycles. The number of nitrogens with one attached hydrogen (secondary N) is 1. The number of carboxylic acid groups (broad SMARTS) is 1. The highest BCUT2D eigenvalue weighted by atomic mass is 16.4. The first-order valence-corrected chi connectivity index (χ1v) is 8.69. The molecule has 2 rings (SSSR count). The van der Waals surface area contributed by atoms with Crippen LogP contribution >= 0.6 is 0 Å². The standard InChI is InChI=1S/C19H26N2O4/c1-12(2)16(20-17(22)15-9-5-4-7-13(15)3)18(23)21-10-6-8-14(11-21)19(24)25/h4-5,7,9,12,14,16H,6,8,10-11H2,1-3H3,(H,20,22)(H,24,25). The van der Waals surface area contributed by atoms with E-state index in [1.807, 2.05) is 32.9 Å². The topological polar surface area (TPSA) is 86.7 Å². The molecule has 2 atom stereocenters. The number of benzene rings is 1. The van der Waals surface area contributed by atoms with Crippen LogP contribution in [0.2, 0.25) is 0 Å². The first-order valence-electron chi connectivity index (χ1n) is 8.69. The van der Waals surface area contributed by atoms with Crippen LogP contribution < -0.4 is 5.32 Å². The minimum absolute atomic E-state index is 0.0920. The zero-order valence-corrected chi connectivity index (χ0v) is 15.0. The highest BCUT2D eigenvalue weighted by molar-refractivity contribution is 5.98. The molecule has 1 fully saturated rings. The number of hydrogen-bond acceptors (Lipinski definition) is 3. The Labute approximate surface area is 148 Å². The van der Waals surface area contributed by atoms with Crippen LogP contribution in [0.3, 0.4) is 0 Å². The van der Waals surface area contributed by atoms with E-state index in [9.17, 15) is 19.5 Å². The molecular weight excluding hydrogens is 320 g/mol. The third-order valence-electron chi connectivity index (χ3n) is 4.69. The van der Waals surface area contributed by atoms with Crippen LogP contribution in [0.4, 0.5) is 0 Å². The molecule has 1 saturated heterocycles. The third-order valence-corrected chi connectivity index (χ3v) is 4.69. The summed E-state index contributed by atoms with van der Waals surface area (Å²) in [6, 6.07) is 6.56. The van der Waals surface area contributed by atoms with Crippen molar-refractivity contribution in [2.45, 2.75) is 39.7 Å². The Hall–Kier alpha value is -2.37. The molecule has 0 spiro atoms. The lowest BCUT2D eigenvalue weighted by Gasteiger charge is -2.34. The fraction of sp³-hybridized carbons (Fsp3) is 0.526. The van der Waals surface area contributed by atoms with E-state index in [1.165, 1.54) is 0 Å². The first-order chi connectivity index (χ1) is 11.8. The van der Waals surface area contributed by atoms with Crippen molar-refractivity contribution in [3.05, 3.63) is 35.4 Å². The minimum atomic E-state index is -0.873. The van der Waals surface area contributed by atoms with Gasteiger partial charge in [-0.25, -0.2) is 0 Å². The number of carbonyl (C=O) groups excluding carboxylic acids is 2. The van der Waals surface area contributed by atoms with Crippen molar-refractivity contribution in [1.29, 1.82) is 0 Å². The molecule has 2 unspecified atom stereocenters. The summed E-state index contributed by atoms with van der Waals surface area (Å²) in [5, 5.41) is 12.0.